The molecule has 2 aromatic rings. The van der Waals surface area contributed by atoms with E-state index in [1.807, 2.05) is 6.92 Å². The van der Waals surface area contributed by atoms with E-state index in [1.54, 1.807) is 18.2 Å². The Hall–Kier alpha value is -2.48. The van der Waals surface area contributed by atoms with Gasteiger partial charge in [-0.1, -0.05) is 18.2 Å². The molecule has 1 fully saturated rings. The van der Waals surface area contributed by atoms with Gasteiger partial charge in [0.15, 0.2) is 5.13 Å². The number of carbonyl (C=O) groups is 2. The van der Waals surface area contributed by atoms with E-state index in [2.05, 4.69) is 20.9 Å². The molecular weight excluding hydrogens is 319 g/mol. The standard InChI is InChI=1S/C15H15FN4O2S/c1-8-12(6-9-4-2-3-5-10(9)16)23-15(18-8)20-13(21)11-7-17-14(22)19-11/h2-5,11H,6-7H2,1H3,(H2,17,19,22)(H,18,20,21)/t11-/m0/s1. The molecule has 23 heavy (non-hydrogen) atoms. The number of hydrogen-bond donors (Lipinski definition) is 3. The molecule has 0 aliphatic carbocycles. The van der Waals surface area contributed by atoms with E-state index in [4.69, 9.17) is 0 Å². The topological polar surface area (TPSA) is 83.1 Å². The summed E-state index contributed by atoms with van der Waals surface area (Å²) in [5.41, 5.74) is 1.34. The lowest BCUT2D eigenvalue weighted by Gasteiger charge is -2.06. The van der Waals surface area contributed by atoms with Crippen LogP contribution in [0, 0.1) is 12.7 Å². The predicted octanol–water partition coefficient (Wildman–Crippen LogP) is 1.80. The zero-order valence-electron chi connectivity index (χ0n) is 12.4. The number of aromatic nitrogens is 1. The normalized spacial score (nSPS) is 16.8. The second-order valence-corrected chi connectivity index (χ2v) is 6.28. The highest BCUT2D eigenvalue weighted by Gasteiger charge is 2.27. The molecule has 1 atom stereocenters. The van der Waals surface area contributed by atoms with Crippen molar-refractivity contribution in [1.82, 2.24) is 15.6 Å². The van der Waals surface area contributed by atoms with Gasteiger partial charge in [0.1, 0.15) is 11.9 Å². The summed E-state index contributed by atoms with van der Waals surface area (Å²) in [5, 5.41) is 8.16. The van der Waals surface area contributed by atoms with Crippen LogP contribution in [0.15, 0.2) is 24.3 Å². The monoisotopic (exact) mass is 334 g/mol. The van der Waals surface area contributed by atoms with Gasteiger partial charge in [-0.05, 0) is 18.6 Å². The van der Waals surface area contributed by atoms with Gasteiger partial charge < -0.3 is 16.0 Å². The van der Waals surface area contributed by atoms with Crippen molar-refractivity contribution < 1.29 is 14.0 Å². The molecule has 3 amide bonds. The Balaban J connectivity index is 1.70. The van der Waals surface area contributed by atoms with E-state index in [0.717, 1.165) is 10.6 Å². The summed E-state index contributed by atoms with van der Waals surface area (Å²) in [6, 6.07) is 5.61. The number of thiazole rings is 1. The minimum Gasteiger partial charge on any atom is -0.336 e. The molecule has 0 spiro atoms. The molecule has 0 radical (unpaired) electrons. The molecule has 3 rings (SSSR count). The molecule has 1 saturated heterocycles. The number of halogens is 1. The van der Waals surface area contributed by atoms with Crippen LogP contribution in [0.25, 0.3) is 0 Å². The van der Waals surface area contributed by atoms with Crippen LogP contribution in [0.1, 0.15) is 16.1 Å². The molecule has 0 unspecified atom stereocenters. The molecule has 1 aromatic carbocycles. The minimum atomic E-state index is -0.610. The van der Waals surface area contributed by atoms with Crippen molar-refractivity contribution >= 4 is 28.4 Å². The van der Waals surface area contributed by atoms with Gasteiger partial charge >= 0.3 is 6.03 Å². The Morgan fingerprint density at radius 1 is 1.48 bits per heavy atom. The lowest BCUT2D eigenvalue weighted by molar-refractivity contribution is -0.117. The van der Waals surface area contributed by atoms with Crippen molar-refractivity contribution in [3.8, 4) is 0 Å². The fourth-order valence-electron chi connectivity index (χ4n) is 2.27. The quantitative estimate of drug-likeness (QED) is 0.797. The third-order valence-electron chi connectivity index (χ3n) is 3.52. The van der Waals surface area contributed by atoms with Gasteiger partial charge in [0, 0.05) is 17.8 Å². The number of carbonyl (C=O) groups excluding carboxylic acids is 2. The van der Waals surface area contributed by atoms with Crippen LogP contribution in [0.2, 0.25) is 0 Å². The molecule has 0 bridgehead atoms. The number of anilines is 1. The molecule has 6 nitrogen and oxygen atoms in total. The van der Waals surface area contributed by atoms with E-state index in [1.165, 1.54) is 17.4 Å². The van der Waals surface area contributed by atoms with E-state index >= 15 is 0 Å². The third kappa shape index (κ3) is 3.48. The van der Waals surface area contributed by atoms with Gasteiger partial charge in [-0.3, -0.25) is 4.79 Å². The molecule has 2 heterocycles. The summed E-state index contributed by atoms with van der Waals surface area (Å²) in [5.74, 6) is -0.583. The molecule has 120 valence electrons. The zero-order valence-corrected chi connectivity index (χ0v) is 13.2. The molecule has 3 N–H and O–H groups in total. The molecular formula is C15H15FN4O2S. The summed E-state index contributed by atoms with van der Waals surface area (Å²) in [4.78, 5) is 28.3. The number of aryl methyl sites for hydroxylation is 1. The number of urea groups is 1. The third-order valence-corrected chi connectivity index (χ3v) is 4.59. The Morgan fingerprint density at radius 3 is 2.96 bits per heavy atom. The first-order chi connectivity index (χ1) is 11.0. The van der Waals surface area contributed by atoms with Gasteiger partial charge in [0.2, 0.25) is 0 Å². The summed E-state index contributed by atoms with van der Waals surface area (Å²) in [6.07, 6.45) is 0.424. The summed E-state index contributed by atoms with van der Waals surface area (Å²) >= 11 is 1.31. The number of amides is 3. The van der Waals surface area contributed by atoms with Gasteiger partial charge in [-0.25, -0.2) is 14.2 Å². The summed E-state index contributed by atoms with van der Waals surface area (Å²) < 4.78 is 13.7. The van der Waals surface area contributed by atoms with Gasteiger partial charge in [0.25, 0.3) is 5.91 Å². The Morgan fingerprint density at radius 2 is 2.26 bits per heavy atom. The first kappa shape index (κ1) is 15.4. The van der Waals surface area contributed by atoms with Crippen molar-refractivity contribution in [2.75, 3.05) is 11.9 Å². The van der Waals surface area contributed by atoms with Crippen molar-refractivity contribution in [3.63, 3.8) is 0 Å². The SMILES string of the molecule is Cc1nc(NC(=O)[C@@H]2CNC(=O)N2)sc1Cc1ccccc1F. The van der Waals surface area contributed by atoms with E-state index in [-0.39, 0.29) is 24.3 Å². The van der Waals surface area contributed by atoms with Crippen LogP contribution < -0.4 is 16.0 Å². The molecule has 1 aromatic heterocycles. The number of hydrogen-bond acceptors (Lipinski definition) is 4. The van der Waals surface area contributed by atoms with E-state index < -0.39 is 6.04 Å². The Bertz CT molecular complexity index is 762. The number of rotatable bonds is 4. The Kier molecular flexibility index (Phi) is 4.24. The maximum Gasteiger partial charge on any atom is 0.315 e. The number of nitrogens with one attached hydrogen (secondary N) is 3. The number of benzene rings is 1. The fraction of sp³-hybridized carbons (Fsp3) is 0.267. The van der Waals surface area contributed by atoms with Crippen molar-refractivity contribution in [1.29, 1.82) is 0 Å². The average Bonchev–Trinajstić information content (AvgIpc) is 3.08. The van der Waals surface area contributed by atoms with Crippen LogP contribution in [0.5, 0.6) is 0 Å². The maximum absolute atomic E-state index is 13.7. The largest absolute Gasteiger partial charge is 0.336 e. The first-order valence-corrected chi connectivity index (χ1v) is 7.89. The Labute approximate surface area is 136 Å². The first-order valence-electron chi connectivity index (χ1n) is 7.08. The number of nitrogens with zero attached hydrogens (tertiary/aromatic N) is 1. The highest BCUT2D eigenvalue weighted by molar-refractivity contribution is 7.15. The molecule has 0 saturated carbocycles. The van der Waals surface area contributed by atoms with Gasteiger partial charge in [0.05, 0.1) is 5.69 Å². The maximum atomic E-state index is 13.7. The van der Waals surface area contributed by atoms with Crippen LogP contribution in [0.4, 0.5) is 14.3 Å². The summed E-state index contributed by atoms with van der Waals surface area (Å²) in [7, 11) is 0. The highest BCUT2D eigenvalue weighted by atomic mass is 32.1. The zero-order chi connectivity index (χ0) is 16.4. The van der Waals surface area contributed by atoms with Crippen molar-refractivity contribution in [2.24, 2.45) is 0 Å². The predicted molar refractivity (Wildman–Crippen MR) is 85.0 cm³/mol. The second-order valence-electron chi connectivity index (χ2n) is 5.19. The second kappa shape index (κ2) is 6.33. The highest BCUT2D eigenvalue weighted by Crippen LogP contribution is 2.26. The lowest BCUT2D eigenvalue weighted by Crippen LogP contribution is -2.38. The van der Waals surface area contributed by atoms with Gasteiger partial charge in [-0.15, -0.1) is 11.3 Å². The van der Waals surface area contributed by atoms with E-state index in [0.29, 0.717) is 17.1 Å². The average molecular weight is 334 g/mol. The molecule has 8 heteroatoms. The van der Waals surface area contributed by atoms with Crippen molar-refractivity contribution in [2.45, 2.75) is 19.4 Å². The van der Waals surface area contributed by atoms with E-state index in [9.17, 15) is 14.0 Å². The van der Waals surface area contributed by atoms with Crippen LogP contribution >= 0.6 is 11.3 Å². The smallest absolute Gasteiger partial charge is 0.315 e. The minimum absolute atomic E-state index is 0.247. The van der Waals surface area contributed by atoms with Crippen LogP contribution in [0.3, 0.4) is 0 Å². The lowest BCUT2D eigenvalue weighted by atomic mass is 10.1. The van der Waals surface area contributed by atoms with Crippen LogP contribution in [-0.4, -0.2) is 29.5 Å². The molecule has 1 aliphatic heterocycles. The van der Waals surface area contributed by atoms with Crippen LogP contribution in [-0.2, 0) is 11.2 Å². The summed E-state index contributed by atoms with van der Waals surface area (Å²) in [6.45, 7) is 2.07. The van der Waals surface area contributed by atoms with Gasteiger partial charge in [-0.2, -0.15) is 0 Å². The van der Waals surface area contributed by atoms with Crippen molar-refractivity contribution in [3.05, 3.63) is 46.2 Å². The fourth-order valence-corrected chi connectivity index (χ4v) is 3.25. The molecule has 1 aliphatic rings.